The van der Waals surface area contributed by atoms with Crippen molar-refractivity contribution in [2.45, 2.75) is 111 Å². The summed E-state index contributed by atoms with van der Waals surface area (Å²) >= 11 is 0. The molecule has 1 rings (SSSR count). The van der Waals surface area contributed by atoms with Crippen LogP contribution >= 0.6 is 0 Å². The number of unbranched alkanes of at least 4 members (excludes halogenated alkanes) is 3. The molecule has 1 amide bonds. The molecule has 0 aromatic rings. The third-order valence-corrected chi connectivity index (χ3v) is 4.83. The molecule has 1 heterocycles. The molecule has 4 heteroatoms. The molecule has 0 saturated carbocycles. The summed E-state index contributed by atoms with van der Waals surface area (Å²) in [5, 5.41) is 3.64. The first-order valence-corrected chi connectivity index (χ1v) is 10.4. The molecule has 1 saturated heterocycles. The number of nitrogens with zero attached hydrogens (tertiary/aromatic N) is 1. The topological polar surface area (TPSA) is 41.6 Å². The highest BCUT2D eigenvalue weighted by molar-refractivity contribution is 5.68. The molecule has 25 heavy (non-hydrogen) atoms. The predicted octanol–water partition coefficient (Wildman–Crippen LogP) is 5.36. The van der Waals surface area contributed by atoms with E-state index in [-0.39, 0.29) is 6.09 Å². The molecule has 0 radical (unpaired) electrons. The number of carbonyl (C=O) groups is 1. The van der Waals surface area contributed by atoms with Gasteiger partial charge in [0.25, 0.3) is 0 Å². The smallest absolute Gasteiger partial charge is 0.410 e. The van der Waals surface area contributed by atoms with Gasteiger partial charge in [-0.2, -0.15) is 0 Å². The van der Waals surface area contributed by atoms with Gasteiger partial charge in [-0.25, -0.2) is 4.79 Å². The van der Waals surface area contributed by atoms with Crippen molar-refractivity contribution in [2.24, 2.45) is 5.92 Å². The largest absolute Gasteiger partial charge is 0.444 e. The summed E-state index contributed by atoms with van der Waals surface area (Å²) in [6.45, 7) is 14.6. The minimum absolute atomic E-state index is 0.146. The number of carbonyl (C=O) groups excluding carboxylic acids is 1. The summed E-state index contributed by atoms with van der Waals surface area (Å²) < 4.78 is 5.55. The third kappa shape index (κ3) is 10.1. The number of likely N-dealkylation sites (tertiary alicyclic amines) is 1. The second kappa shape index (κ2) is 11.1. The Kier molecular flexibility index (Phi) is 9.84. The number of nitrogens with one attached hydrogen (secondary N) is 1. The molecule has 148 valence electrons. The molecular weight excluding hydrogens is 312 g/mol. The van der Waals surface area contributed by atoms with E-state index in [1.807, 2.05) is 25.7 Å². The maximum Gasteiger partial charge on any atom is 0.410 e. The van der Waals surface area contributed by atoms with Crippen LogP contribution in [0, 0.1) is 5.92 Å². The Hall–Kier alpha value is -0.770. The summed E-state index contributed by atoms with van der Waals surface area (Å²) in [5.41, 5.74) is -0.413. The molecule has 0 spiro atoms. The van der Waals surface area contributed by atoms with Crippen molar-refractivity contribution in [2.75, 3.05) is 13.1 Å². The van der Waals surface area contributed by atoms with Crippen LogP contribution < -0.4 is 5.32 Å². The van der Waals surface area contributed by atoms with Gasteiger partial charge in [0.1, 0.15) is 5.60 Å². The first-order valence-electron chi connectivity index (χ1n) is 10.4. The quantitative estimate of drug-likeness (QED) is 0.537. The second-order valence-corrected chi connectivity index (χ2v) is 9.16. The van der Waals surface area contributed by atoms with Gasteiger partial charge in [0.2, 0.25) is 0 Å². The Labute approximate surface area is 156 Å². The van der Waals surface area contributed by atoms with Crippen LogP contribution in [0.2, 0.25) is 0 Å². The van der Waals surface area contributed by atoms with Crippen LogP contribution in [-0.4, -0.2) is 41.8 Å². The van der Waals surface area contributed by atoms with Gasteiger partial charge < -0.3 is 15.0 Å². The first kappa shape index (κ1) is 22.3. The fourth-order valence-corrected chi connectivity index (χ4v) is 3.51. The van der Waals surface area contributed by atoms with Gasteiger partial charge in [-0.15, -0.1) is 0 Å². The molecule has 2 atom stereocenters. The molecule has 1 N–H and O–H groups in total. The van der Waals surface area contributed by atoms with E-state index in [9.17, 15) is 4.79 Å². The lowest BCUT2D eigenvalue weighted by Crippen LogP contribution is -2.42. The van der Waals surface area contributed by atoms with E-state index in [1.165, 1.54) is 32.1 Å². The van der Waals surface area contributed by atoms with Crippen molar-refractivity contribution in [3.05, 3.63) is 0 Å². The van der Waals surface area contributed by atoms with E-state index >= 15 is 0 Å². The van der Waals surface area contributed by atoms with Crippen LogP contribution in [0.5, 0.6) is 0 Å². The van der Waals surface area contributed by atoms with E-state index in [0.29, 0.717) is 12.1 Å². The highest BCUT2D eigenvalue weighted by atomic mass is 16.6. The summed E-state index contributed by atoms with van der Waals surface area (Å²) in [6.07, 6.45) is 9.70. The first-order chi connectivity index (χ1) is 11.7. The zero-order chi connectivity index (χ0) is 18.9. The van der Waals surface area contributed by atoms with Gasteiger partial charge in [0.05, 0.1) is 0 Å². The molecular formula is C21H42N2O2. The molecule has 0 aromatic heterocycles. The second-order valence-electron chi connectivity index (χ2n) is 9.16. The molecule has 0 bridgehead atoms. The Balaban J connectivity index is 2.20. The van der Waals surface area contributed by atoms with Crippen LogP contribution in [0.25, 0.3) is 0 Å². The van der Waals surface area contributed by atoms with Crippen LogP contribution in [0.15, 0.2) is 0 Å². The lowest BCUT2D eigenvalue weighted by molar-refractivity contribution is 0.0214. The number of ether oxygens (including phenoxy) is 1. The maximum atomic E-state index is 12.3. The van der Waals surface area contributed by atoms with Gasteiger partial charge >= 0.3 is 6.09 Å². The number of hydrogen-bond donors (Lipinski definition) is 1. The average molecular weight is 355 g/mol. The van der Waals surface area contributed by atoms with Gasteiger partial charge in [-0.3, -0.25) is 0 Å². The number of amides is 1. The fraction of sp³-hybridized carbons (Fsp3) is 0.952. The molecule has 0 aliphatic carbocycles. The number of hydrogen-bond acceptors (Lipinski definition) is 3. The molecule has 4 nitrogen and oxygen atoms in total. The molecule has 2 unspecified atom stereocenters. The van der Waals surface area contributed by atoms with Gasteiger partial charge in [-0.05, 0) is 65.8 Å². The normalized spacial score (nSPS) is 19.5. The molecule has 1 aliphatic heterocycles. The summed E-state index contributed by atoms with van der Waals surface area (Å²) in [4.78, 5) is 14.3. The maximum absolute atomic E-state index is 12.3. The van der Waals surface area contributed by atoms with Crippen molar-refractivity contribution in [3.8, 4) is 0 Å². The summed E-state index contributed by atoms with van der Waals surface area (Å²) in [5.74, 6) is 0.831. The van der Waals surface area contributed by atoms with E-state index in [0.717, 1.165) is 38.3 Å². The monoisotopic (exact) mass is 354 g/mol. The van der Waals surface area contributed by atoms with Gasteiger partial charge in [0.15, 0.2) is 0 Å². The Morgan fingerprint density at radius 3 is 2.48 bits per heavy atom. The molecule has 1 fully saturated rings. The van der Waals surface area contributed by atoms with E-state index < -0.39 is 5.60 Å². The molecule has 1 aliphatic rings. The minimum atomic E-state index is -0.413. The highest BCUT2D eigenvalue weighted by Crippen LogP contribution is 2.24. The van der Waals surface area contributed by atoms with Crippen molar-refractivity contribution in [1.29, 1.82) is 0 Å². The zero-order valence-electron chi connectivity index (χ0n) is 17.6. The predicted molar refractivity (Wildman–Crippen MR) is 106 cm³/mol. The van der Waals surface area contributed by atoms with Crippen LogP contribution in [0.1, 0.15) is 92.9 Å². The molecule has 0 aromatic carbocycles. The van der Waals surface area contributed by atoms with E-state index in [1.54, 1.807) is 0 Å². The van der Waals surface area contributed by atoms with Crippen LogP contribution in [-0.2, 0) is 4.74 Å². The van der Waals surface area contributed by atoms with Crippen molar-refractivity contribution < 1.29 is 9.53 Å². The van der Waals surface area contributed by atoms with Crippen LogP contribution in [0.3, 0.4) is 0 Å². The van der Waals surface area contributed by atoms with Crippen molar-refractivity contribution in [1.82, 2.24) is 10.2 Å². The Morgan fingerprint density at radius 2 is 1.84 bits per heavy atom. The Bertz CT molecular complexity index is 377. The van der Waals surface area contributed by atoms with Crippen LogP contribution in [0.4, 0.5) is 4.79 Å². The van der Waals surface area contributed by atoms with E-state index in [4.69, 9.17) is 4.74 Å². The summed E-state index contributed by atoms with van der Waals surface area (Å²) in [6, 6.07) is 0.770. The SMILES string of the molecule is CC(C)CCCCCCNC(C)CC1CCCN1C(=O)OC(C)(C)C. The van der Waals surface area contributed by atoms with Gasteiger partial charge in [-0.1, -0.05) is 39.5 Å². The van der Waals surface area contributed by atoms with Crippen molar-refractivity contribution >= 4 is 6.09 Å². The van der Waals surface area contributed by atoms with Gasteiger partial charge in [0, 0.05) is 18.6 Å². The number of rotatable bonds is 10. The zero-order valence-corrected chi connectivity index (χ0v) is 17.6. The van der Waals surface area contributed by atoms with E-state index in [2.05, 4.69) is 26.1 Å². The lowest BCUT2D eigenvalue weighted by atomic mass is 10.0. The van der Waals surface area contributed by atoms with Crippen molar-refractivity contribution in [3.63, 3.8) is 0 Å². The third-order valence-electron chi connectivity index (χ3n) is 4.83. The minimum Gasteiger partial charge on any atom is -0.444 e. The summed E-state index contributed by atoms with van der Waals surface area (Å²) in [7, 11) is 0. The Morgan fingerprint density at radius 1 is 1.16 bits per heavy atom. The highest BCUT2D eigenvalue weighted by Gasteiger charge is 2.32. The lowest BCUT2D eigenvalue weighted by Gasteiger charge is -2.30. The standard InChI is InChI=1S/C21H42N2O2/c1-17(2)12-9-7-8-10-14-22-18(3)16-19-13-11-15-23(19)20(24)25-21(4,5)6/h17-19,22H,7-16H2,1-6H3. The average Bonchev–Trinajstić information content (AvgIpc) is 2.92. The fourth-order valence-electron chi connectivity index (χ4n) is 3.51.